The van der Waals surface area contributed by atoms with E-state index in [0.29, 0.717) is 25.7 Å². The van der Waals surface area contributed by atoms with Gasteiger partial charge in [-0.15, -0.1) is 0 Å². The highest BCUT2D eigenvalue weighted by molar-refractivity contribution is 6.19. The molecule has 4 amide bonds. The minimum absolute atomic E-state index is 0.310. The van der Waals surface area contributed by atoms with E-state index in [4.69, 9.17) is 0 Å². The molecule has 6 nitrogen and oxygen atoms in total. The molecule has 9 heteroatoms. The van der Waals surface area contributed by atoms with E-state index in [-0.39, 0.29) is 6.54 Å². The molecule has 1 N–H and O–H groups in total. The third kappa shape index (κ3) is 3.17. The van der Waals surface area contributed by atoms with Crippen LogP contribution in [0.5, 0.6) is 0 Å². The van der Waals surface area contributed by atoms with Crippen molar-refractivity contribution in [3.8, 4) is 0 Å². The SMILES string of the molecule is O=C1NC(=O)C2(CCCC2)C(=O)N1CCOCC(F)(F)F. The lowest BCUT2D eigenvalue weighted by Crippen LogP contribution is -2.63. The lowest BCUT2D eigenvalue weighted by atomic mass is 9.82. The molecule has 2 rings (SSSR count). The second-order valence-electron chi connectivity index (χ2n) is 5.17. The van der Waals surface area contributed by atoms with E-state index < -0.39 is 42.7 Å². The molecule has 21 heavy (non-hydrogen) atoms. The van der Waals surface area contributed by atoms with Crippen LogP contribution in [0, 0.1) is 5.41 Å². The number of imide groups is 2. The van der Waals surface area contributed by atoms with Gasteiger partial charge in [-0.1, -0.05) is 12.8 Å². The van der Waals surface area contributed by atoms with Gasteiger partial charge in [0.15, 0.2) is 0 Å². The summed E-state index contributed by atoms with van der Waals surface area (Å²) in [5, 5.41) is 2.10. The molecule has 0 aromatic rings. The fourth-order valence-corrected chi connectivity index (χ4v) is 2.70. The van der Waals surface area contributed by atoms with Crippen LogP contribution < -0.4 is 5.32 Å². The van der Waals surface area contributed by atoms with Crippen molar-refractivity contribution in [1.29, 1.82) is 0 Å². The van der Waals surface area contributed by atoms with Crippen molar-refractivity contribution in [2.75, 3.05) is 19.8 Å². The molecule has 1 aliphatic carbocycles. The molecule has 1 spiro atoms. The summed E-state index contributed by atoms with van der Waals surface area (Å²) in [6.07, 6.45) is -2.36. The van der Waals surface area contributed by atoms with Crippen LogP contribution in [0.2, 0.25) is 0 Å². The summed E-state index contributed by atoms with van der Waals surface area (Å²) in [5.41, 5.74) is -1.24. The summed E-state index contributed by atoms with van der Waals surface area (Å²) in [6.45, 7) is -2.18. The van der Waals surface area contributed by atoms with E-state index in [2.05, 4.69) is 10.1 Å². The number of alkyl halides is 3. The van der Waals surface area contributed by atoms with E-state index >= 15 is 0 Å². The number of amides is 4. The Hall–Kier alpha value is -1.64. The Bertz CT molecular complexity index is 458. The number of rotatable bonds is 4. The zero-order valence-corrected chi connectivity index (χ0v) is 11.2. The van der Waals surface area contributed by atoms with Crippen LogP contribution in [0.3, 0.4) is 0 Å². The maximum atomic E-state index is 12.3. The Balaban J connectivity index is 1.97. The number of carbonyl (C=O) groups excluding carboxylic acids is 3. The average molecular weight is 308 g/mol. The third-order valence-electron chi connectivity index (χ3n) is 3.74. The Morgan fingerprint density at radius 3 is 2.38 bits per heavy atom. The lowest BCUT2D eigenvalue weighted by Gasteiger charge is -2.36. The molecule has 0 radical (unpaired) electrons. The van der Waals surface area contributed by atoms with Gasteiger partial charge < -0.3 is 4.74 Å². The first-order chi connectivity index (χ1) is 9.76. The highest BCUT2D eigenvalue weighted by Crippen LogP contribution is 2.41. The molecule has 118 valence electrons. The molecule has 1 heterocycles. The van der Waals surface area contributed by atoms with Crippen molar-refractivity contribution in [2.45, 2.75) is 31.9 Å². The van der Waals surface area contributed by atoms with Crippen molar-refractivity contribution in [3.63, 3.8) is 0 Å². The Morgan fingerprint density at radius 2 is 1.81 bits per heavy atom. The number of carbonyl (C=O) groups is 3. The Kier molecular flexibility index (Phi) is 4.22. The van der Waals surface area contributed by atoms with E-state index in [1.807, 2.05) is 0 Å². The number of nitrogens with one attached hydrogen (secondary N) is 1. The predicted octanol–water partition coefficient (Wildman–Crippen LogP) is 1.20. The molecule has 0 atom stereocenters. The van der Waals surface area contributed by atoms with Gasteiger partial charge in [-0.3, -0.25) is 19.8 Å². The Morgan fingerprint density at radius 1 is 1.19 bits per heavy atom. The molecule has 0 aromatic carbocycles. The number of nitrogens with zero attached hydrogens (tertiary/aromatic N) is 1. The van der Waals surface area contributed by atoms with Crippen LogP contribution in [0.15, 0.2) is 0 Å². The maximum Gasteiger partial charge on any atom is 0.411 e. The van der Waals surface area contributed by atoms with Crippen LogP contribution in [0.1, 0.15) is 25.7 Å². The van der Waals surface area contributed by atoms with Gasteiger partial charge in [-0.2, -0.15) is 13.2 Å². The maximum absolute atomic E-state index is 12.3. The number of ether oxygens (including phenoxy) is 1. The van der Waals surface area contributed by atoms with Gasteiger partial charge in [-0.05, 0) is 12.8 Å². The number of hydrogen-bond acceptors (Lipinski definition) is 4. The summed E-state index contributed by atoms with van der Waals surface area (Å²) < 4.78 is 40.2. The first-order valence-electron chi connectivity index (χ1n) is 6.58. The fourth-order valence-electron chi connectivity index (χ4n) is 2.70. The molecule has 2 aliphatic rings. The highest BCUT2D eigenvalue weighted by Gasteiger charge is 2.54. The molecule has 0 bridgehead atoms. The predicted molar refractivity (Wildman–Crippen MR) is 63.0 cm³/mol. The standard InChI is InChI=1S/C12H15F3N2O4/c13-12(14,15)7-21-6-5-17-9(19)11(3-1-2-4-11)8(18)16-10(17)20/h1-7H2,(H,16,18,20). The normalized spacial score (nSPS) is 22.0. The Labute approximate surface area is 118 Å². The lowest BCUT2D eigenvalue weighted by molar-refractivity contribution is -0.174. The quantitative estimate of drug-likeness (QED) is 0.625. The first-order valence-corrected chi connectivity index (χ1v) is 6.58. The van der Waals surface area contributed by atoms with Gasteiger partial charge >= 0.3 is 12.2 Å². The molecular formula is C12H15F3N2O4. The van der Waals surface area contributed by atoms with Crippen molar-refractivity contribution in [2.24, 2.45) is 5.41 Å². The fraction of sp³-hybridized carbons (Fsp3) is 0.750. The minimum atomic E-state index is -4.46. The number of urea groups is 1. The summed E-state index contributed by atoms with van der Waals surface area (Å²) in [6, 6.07) is -0.905. The average Bonchev–Trinajstić information content (AvgIpc) is 2.85. The van der Waals surface area contributed by atoms with Crippen molar-refractivity contribution < 1.29 is 32.3 Å². The summed E-state index contributed by atoms with van der Waals surface area (Å²) in [4.78, 5) is 36.6. The van der Waals surface area contributed by atoms with Crippen molar-refractivity contribution in [1.82, 2.24) is 10.2 Å². The summed E-state index contributed by atoms with van der Waals surface area (Å²) in [5.74, 6) is -1.24. The number of halogens is 3. The van der Waals surface area contributed by atoms with Gasteiger partial charge in [0.05, 0.1) is 13.2 Å². The van der Waals surface area contributed by atoms with E-state index in [1.165, 1.54) is 0 Å². The molecule has 1 saturated carbocycles. The second kappa shape index (κ2) is 5.63. The van der Waals surface area contributed by atoms with Gasteiger partial charge in [-0.25, -0.2) is 4.79 Å². The highest BCUT2D eigenvalue weighted by atomic mass is 19.4. The number of hydrogen-bond donors (Lipinski definition) is 1. The van der Waals surface area contributed by atoms with Gasteiger partial charge in [0, 0.05) is 0 Å². The number of barbiturate groups is 1. The van der Waals surface area contributed by atoms with Crippen LogP contribution in [-0.4, -0.2) is 48.7 Å². The van der Waals surface area contributed by atoms with Crippen molar-refractivity contribution in [3.05, 3.63) is 0 Å². The van der Waals surface area contributed by atoms with Crippen molar-refractivity contribution >= 4 is 17.8 Å². The largest absolute Gasteiger partial charge is 0.411 e. The molecule has 1 saturated heterocycles. The molecule has 2 fully saturated rings. The zero-order chi connectivity index (χ0) is 15.7. The molecule has 0 aromatic heterocycles. The summed E-state index contributed by atoms with van der Waals surface area (Å²) >= 11 is 0. The first kappa shape index (κ1) is 15.7. The topological polar surface area (TPSA) is 75.7 Å². The molecule has 1 aliphatic heterocycles. The van der Waals surface area contributed by atoms with E-state index in [0.717, 1.165) is 4.90 Å². The smallest absolute Gasteiger partial charge is 0.370 e. The van der Waals surface area contributed by atoms with Crippen LogP contribution >= 0.6 is 0 Å². The third-order valence-corrected chi connectivity index (χ3v) is 3.74. The minimum Gasteiger partial charge on any atom is -0.370 e. The van der Waals surface area contributed by atoms with E-state index in [9.17, 15) is 27.6 Å². The molecular weight excluding hydrogens is 293 g/mol. The van der Waals surface area contributed by atoms with E-state index in [1.54, 1.807) is 0 Å². The van der Waals surface area contributed by atoms with Crippen LogP contribution in [-0.2, 0) is 14.3 Å². The monoisotopic (exact) mass is 308 g/mol. The second-order valence-corrected chi connectivity index (χ2v) is 5.17. The summed E-state index contributed by atoms with van der Waals surface area (Å²) in [7, 11) is 0. The van der Waals surface area contributed by atoms with Crippen LogP contribution in [0.25, 0.3) is 0 Å². The van der Waals surface area contributed by atoms with Gasteiger partial charge in [0.2, 0.25) is 11.8 Å². The molecule has 0 unspecified atom stereocenters. The van der Waals surface area contributed by atoms with Crippen LogP contribution in [0.4, 0.5) is 18.0 Å². The van der Waals surface area contributed by atoms with Gasteiger partial charge in [0.25, 0.3) is 0 Å². The zero-order valence-electron chi connectivity index (χ0n) is 11.2. The van der Waals surface area contributed by atoms with Gasteiger partial charge in [0.1, 0.15) is 12.0 Å².